The molecule has 3 aromatic rings. The Labute approximate surface area is 181 Å². The van der Waals surface area contributed by atoms with Crippen molar-refractivity contribution in [1.29, 1.82) is 0 Å². The summed E-state index contributed by atoms with van der Waals surface area (Å²) in [6.07, 6.45) is 3.69. The monoisotopic (exact) mass is 420 g/mol. The molecule has 0 saturated carbocycles. The van der Waals surface area contributed by atoms with Gasteiger partial charge in [0.2, 0.25) is 5.91 Å². The molecule has 3 heterocycles. The largest absolute Gasteiger partial charge is 0.497 e. The normalized spacial score (nSPS) is 22.9. The number of fused-ring (bicyclic) bond motifs is 2. The van der Waals surface area contributed by atoms with E-state index < -0.39 is 5.60 Å². The van der Waals surface area contributed by atoms with Crippen molar-refractivity contribution in [3.8, 4) is 5.75 Å². The molecule has 2 atom stereocenters. The van der Waals surface area contributed by atoms with E-state index in [1.165, 1.54) is 0 Å². The molecule has 0 aliphatic carbocycles. The number of hydrogen-bond donors (Lipinski definition) is 2. The van der Waals surface area contributed by atoms with Crippen LogP contribution in [0.5, 0.6) is 5.75 Å². The van der Waals surface area contributed by atoms with Crippen LogP contribution < -0.4 is 10.1 Å². The molecule has 2 N–H and O–H groups in total. The van der Waals surface area contributed by atoms with E-state index in [2.05, 4.69) is 10.3 Å². The molecule has 2 aliphatic heterocycles. The molecule has 2 unspecified atom stereocenters. The van der Waals surface area contributed by atoms with Crippen LogP contribution in [0.3, 0.4) is 0 Å². The van der Waals surface area contributed by atoms with Crippen molar-refractivity contribution >= 4 is 22.6 Å². The number of anilines is 1. The van der Waals surface area contributed by atoms with Crippen LogP contribution in [0.1, 0.15) is 30.7 Å². The van der Waals surface area contributed by atoms with E-state index in [9.17, 15) is 9.90 Å². The SMILES string of the molecule is COc1ccc2c(c1)NCC2CC(=O)N1CCCC(O)(Cn2cnc3ccccc32)C1. The van der Waals surface area contributed by atoms with Gasteiger partial charge in [0.15, 0.2) is 0 Å². The van der Waals surface area contributed by atoms with Crippen LogP contribution in [-0.4, -0.2) is 57.8 Å². The number of methoxy groups -OCH3 is 1. The van der Waals surface area contributed by atoms with Crippen LogP contribution in [0.2, 0.25) is 0 Å². The van der Waals surface area contributed by atoms with Crippen LogP contribution in [-0.2, 0) is 11.3 Å². The number of imidazole rings is 1. The summed E-state index contributed by atoms with van der Waals surface area (Å²) in [4.78, 5) is 19.4. The van der Waals surface area contributed by atoms with Crippen LogP contribution in [0.15, 0.2) is 48.8 Å². The van der Waals surface area contributed by atoms with E-state index in [1.807, 2.05) is 51.9 Å². The zero-order valence-electron chi connectivity index (χ0n) is 17.8. The van der Waals surface area contributed by atoms with E-state index in [4.69, 9.17) is 4.74 Å². The number of ether oxygens (including phenoxy) is 1. The molecule has 31 heavy (non-hydrogen) atoms. The third kappa shape index (κ3) is 3.85. The number of β-amino-alcohol motifs (C(OH)–C–C–N with tert-alkyl or cyclic N) is 1. The highest BCUT2D eigenvalue weighted by molar-refractivity contribution is 5.79. The molecular weight excluding hydrogens is 392 g/mol. The lowest BCUT2D eigenvalue weighted by Gasteiger charge is -2.39. The van der Waals surface area contributed by atoms with Gasteiger partial charge in [0.05, 0.1) is 37.6 Å². The topological polar surface area (TPSA) is 79.6 Å². The first-order valence-corrected chi connectivity index (χ1v) is 10.9. The quantitative estimate of drug-likeness (QED) is 0.663. The molecule has 7 heteroatoms. The number of nitrogens with zero attached hydrogens (tertiary/aromatic N) is 3. The van der Waals surface area contributed by atoms with E-state index >= 15 is 0 Å². The molecule has 2 aromatic carbocycles. The van der Waals surface area contributed by atoms with Crippen LogP contribution in [0.4, 0.5) is 5.69 Å². The van der Waals surface area contributed by atoms with E-state index in [1.54, 1.807) is 13.4 Å². The van der Waals surface area contributed by atoms with Crippen molar-refractivity contribution in [2.75, 3.05) is 32.1 Å². The number of benzene rings is 2. The number of para-hydroxylation sites is 2. The number of nitrogens with one attached hydrogen (secondary N) is 1. The van der Waals surface area contributed by atoms with Gasteiger partial charge in [-0.2, -0.15) is 0 Å². The maximum atomic E-state index is 13.1. The van der Waals surface area contributed by atoms with E-state index in [0.717, 1.165) is 41.0 Å². The van der Waals surface area contributed by atoms with Gasteiger partial charge in [-0.1, -0.05) is 18.2 Å². The Hall–Kier alpha value is -3.06. The van der Waals surface area contributed by atoms with Gasteiger partial charge in [-0.25, -0.2) is 4.98 Å². The molecule has 2 aliphatic rings. The number of rotatable bonds is 5. The van der Waals surface area contributed by atoms with Gasteiger partial charge in [0.25, 0.3) is 0 Å². The first kappa shape index (κ1) is 19.9. The van der Waals surface area contributed by atoms with Gasteiger partial charge in [0.1, 0.15) is 11.4 Å². The standard InChI is InChI=1S/C24H28N4O3/c1-31-18-7-8-19-17(13-25-21(19)12-18)11-23(29)27-10-4-9-24(30,14-27)15-28-16-26-20-5-2-3-6-22(20)28/h2-3,5-8,12,16-17,25,30H,4,9-11,13-15H2,1H3. The fraction of sp³-hybridized carbons (Fsp3) is 0.417. The second kappa shape index (κ2) is 7.89. The van der Waals surface area contributed by atoms with Crippen molar-refractivity contribution in [3.63, 3.8) is 0 Å². The Morgan fingerprint density at radius 2 is 2.19 bits per heavy atom. The molecule has 1 fully saturated rings. The number of aromatic nitrogens is 2. The van der Waals surface area contributed by atoms with Crippen LogP contribution in [0.25, 0.3) is 11.0 Å². The first-order valence-electron chi connectivity index (χ1n) is 10.9. The van der Waals surface area contributed by atoms with Crippen molar-refractivity contribution < 1.29 is 14.6 Å². The van der Waals surface area contributed by atoms with Gasteiger partial charge in [0, 0.05) is 37.2 Å². The van der Waals surface area contributed by atoms with Crippen molar-refractivity contribution in [3.05, 3.63) is 54.4 Å². The number of carbonyl (C=O) groups is 1. The lowest BCUT2D eigenvalue weighted by atomic mass is 9.91. The maximum absolute atomic E-state index is 13.1. The zero-order chi connectivity index (χ0) is 21.4. The average molecular weight is 421 g/mol. The van der Waals surface area contributed by atoms with Crippen molar-refractivity contribution in [2.45, 2.75) is 37.3 Å². The summed E-state index contributed by atoms with van der Waals surface area (Å²) in [6.45, 7) is 2.23. The Morgan fingerprint density at radius 1 is 1.32 bits per heavy atom. The fourth-order valence-electron chi connectivity index (χ4n) is 4.94. The molecule has 162 valence electrons. The highest BCUT2D eigenvalue weighted by Crippen LogP contribution is 2.37. The Balaban J connectivity index is 1.27. The Kier molecular flexibility index (Phi) is 5.06. The van der Waals surface area contributed by atoms with Gasteiger partial charge in [-0.3, -0.25) is 4.79 Å². The smallest absolute Gasteiger partial charge is 0.223 e. The molecule has 0 bridgehead atoms. The lowest BCUT2D eigenvalue weighted by Crippen LogP contribution is -2.52. The van der Waals surface area contributed by atoms with Crippen molar-refractivity contribution in [1.82, 2.24) is 14.5 Å². The molecule has 1 amide bonds. The number of carbonyl (C=O) groups excluding carboxylic acids is 1. The third-order valence-corrected chi connectivity index (χ3v) is 6.56. The minimum atomic E-state index is -0.948. The maximum Gasteiger partial charge on any atom is 0.223 e. The average Bonchev–Trinajstić information content (AvgIpc) is 3.37. The highest BCUT2D eigenvalue weighted by atomic mass is 16.5. The summed E-state index contributed by atoms with van der Waals surface area (Å²) < 4.78 is 7.29. The van der Waals surface area contributed by atoms with Crippen molar-refractivity contribution in [2.24, 2.45) is 0 Å². The third-order valence-electron chi connectivity index (χ3n) is 6.56. The molecule has 0 spiro atoms. The van der Waals surface area contributed by atoms with Crippen LogP contribution in [0, 0.1) is 0 Å². The summed E-state index contributed by atoms with van der Waals surface area (Å²) in [5.41, 5.74) is 3.17. The second-order valence-electron chi connectivity index (χ2n) is 8.74. The number of piperidine rings is 1. The summed E-state index contributed by atoms with van der Waals surface area (Å²) in [5, 5.41) is 14.7. The molecular formula is C24H28N4O3. The minimum absolute atomic E-state index is 0.101. The van der Waals surface area contributed by atoms with Gasteiger partial charge in [-0.05, 0) is 36.6 Å². The Morgan fingerprint density at radius 3 is 3.06 bits per heavy atom. The number of aliphatic hydroxyl groups is 1. The molecule has 1 saturated heterocycles. The first-order chi connectivity index (χ1) is 15.0. The molecule has 1 aromatic heterocycles. The molecule has 0 radical (unpaired) electrons. The molecule has 7 nitrogen and oxygen atoms in total. The van der Waals surface area contributed by atoms with Gasteiger partial charge in [-0.15, -0.1) is 0 Å². The molecule has 5 rings (SSSR count). The number of hydrogen-bond acceptors (Lipinski definition) is 5. The summed E-state index contributed by atoms with van der Waals surface area (Å²) in [6, 6.07) is 13.9. The van der Waals surface area contributed by atoms with Crippen LogP contribution >= 0.6 is 0 Å². The van der Waals surface area contributed by atoms with Gasteiger partial charge >= 0.3 is 0 Å². The second-order valence-corrected chi connectivity index (χ2v) is 8.74. The predicted octanol–water partition coefficient (Wildman–Crippen LogP) is 3.00. The van der Waals surface area contributed by atoms with E-state index in [-0.39, 0.29) is 11.8 Å². The highest BCUT2D eigenvalue weighted by Gasteiger charge is 2.37. The van der Waals surface area contributed by atoms with Gasteiger partial charge < -0.3 is 24.6 Å². The lowest BCUT2D eigenvalue weighted by molar-refractivity contribution is -0.139. The minimum Gasteiger partial charge on any atom is -0.497 e. The van der Waals surface area contributed by atoms with E-state index in [0.29, 0.717) is 32.5 Å². The fourth-order valence-corrected chi connectivity index (χ4v) is 4.94. The number of amides is 1. The summed E-state index contributed by atoms with van der Waals surface area (Å²) in [5.74, 6) is 1.05. The Bertz CT molecular complexity index is 1110. The predicted molar refractivity (Wildman–Crippen MR) is 119 cm³/mol. The summed E-state index contributed by atoms with van der Waals surface area (Å²) in [7, 11) is 1.65. The zero-order valence-corrected chi connectivity index (χ0v) is 17.8. The summed E-state index contributed by atoms with van der Waals surface area (Å²) >= 11 is 0. The number of likely N-dealkylation sites (tertiary alicyclic amines) is 1.